The SMILES string of the molecule is COc1ccc(NC(=O)CS(=O)(=O)c2nccn2C)cc1Cl. The number of anilines is 1. The number of imidazole rings is 1. The predicted octanol–water partition coefficient (Wildman–Crippen LogP) is 1.49. The van der Waals surface area contributed by atoms with E-state index in [1.807, 2.05) is 0 Å². The van der Waals surface area contributed by atoms with Gasteiger partial charge in [-0.1, -0.05) is 11.6 Å². The Hall–Kier alpha value is -2.06. The third kappa shape index (κ3) is 3.58. The molecule has 118 valence electrons. The summed E-state index contributed by atoms with van der Waals surface area (Å²) in [5.74, 6) is -0.925. The summed E-state index contributed by atoms with van der Waals surface area (Å²) in [6, 6.07) is 4.62. The Kier molecular flexibility index (Phi) is 4.72. The molecule has 1 N–H and O–H groups in total. The number of nitrogens with one attached hydrogen (secondary N) is 1. The number of hydrogen-bond acceptors (Lipinski definition) is 5. The third-order valence-electron chi connectivity index (χ3n) is 2.81. The Bertz CT molecular complexity index is 801. The second-order valence-electron chi connectivity index (χ2n) is 4.48. The summed E-state index contributed by atoms with van der Waals surface area (Å²) in [4.78, 5) is 15.6. The van der Waals surface area contributed by atoms with Crippen LogP contribution in [0.25, 0.3) is 0 Å². The van der Waals surface area contributed by atoms with E-state index >= 15 is 0 Å². The fourth-order valence-electron chi connectivity index (χ4n) is 1.83. The van der Waals surface area contributed by atoms with Gasteiger partial charge >= 0.3 is 0 Å². The van der Waals surface area contributed by atoms with Crippen molar-refractivity contribution in [2.45, 2.75) is 5.16 Å². The summed E-state index contributed by atoms with van der Waals surface area (Å²) >= 11 is 5.94. The van der Waals surface area contributed by atoms with Crippen LogP contribution in [0, 0.1) is 0 Å². The molecule has 2 rings (SSSR count). The molecule has 0 aliphatic carbocycles. The molecular weight excluding hydrogens is 330 g/mol. The zero-order valence-electron chi connectivity index (χ0n) is 11.9. The van der Waals surface area contributed by atoms with Gasteiger partial charge in [0.05, 0.1) is 12.1 Å². The number of carbonyl (C=O) groups is 1. The van der Waals surface area contributed by atoms with Gasteiger partial charge < -0.3 is 14.6 Å². The Morgan fingerprint density at radius 1 is 1.45 bits per heavy atom. The van der Waals surface area contributed by atoms with E-state index in [0.29, 0.717) is 16.5 Å². The van der Waals surface area contributed by atoms with E-state index in [-0.39, 0.29) is 5.16 Å². The van der Waals surface area contributed by atoms with Crippen LogP contribution in [0.3, 0.4) is 0 Å². The van der Waals surface area contributed by atoms with Gasteiger partial charge in [0.25, 0.3) is 0 Å². The number of aryl methyl sites for hydroxylation is 1. The number of methoxy groups -OCH3 is 1. The molecule has 0 saturated carbocycles. The van der Waals surface area contributed by atoms with Crippen molar-refractivity contribution in [2.75, 3.05) is 18.2 Å². The van der Waals surface area contributed by atoms with Crippen LogP contribution in [-0.4, -0.2) is 36.7 Å². The van der Waals surface area contributed by atoms with E-state index in [1.54, 1.807) is 19.2 Å². The van der Waals surface area contributed by atoms with E-state index in [2.05, 4.69) is 10.3 Å². The van der Waals surface area contributed by atoms with Gasteiger partial charge in [0.2, 0.25) is 20.9 Å². The molecule has 22 heavy (non-hydrogen) atoms. The van der Waals surface area contributed by atoms with Crippen molar-refractivity contribution in [3.8, 4) is 5.75 Å². The second kappa shape index (κ2) is 6.37. The van der Waals surface area contributed by atoms with Crippen LogP contribution in [0.5, 0.6) is 5.75 Å². The van der Waals surface area contributed by atoms with Crippen molar-refractivity contribution in [1.82, 2.24) is 9.55 Å². The number of ether oxygens (including phenoxy) is 1. The van der Waals surface area contributed by atoms with Crippen molar-refractivity contribution in [3.05, 3.63) is 35.6 Å². The molecule has 0 saturated heterocycles. The van der Waals surface area contributed by atoms with Gasteiger partial charge in [-0.3, -0.25) is 4.79 Å². The maximum atomic E-state index is 12.1. The van der Waals surface area contributed by atoms with Crippen molar-refractivity contribution in [3.63, 3.8) is 0 Å². The molecule has 9 heteroatoms. The average molecular weight is 344 g/mol. The number of rotatable bonds is 5. The van der Waals surface area contributed by atoms with Crippen LogP contribution in [0.1, 0.15) is 0 Å². The number of benzene rings is 1. The van der Waals surface area contributed by atoms with Gasteiger partial charge in [0.15, 0.2) is 0 Å². The molecule has 0 aliphatic heterocycles. The molecule has 0 fully saturated rings. The van der Waals surface area contributed by atoms with Gasteiger partial charge in [-0.2, -0.15) is 0 Å². The third-order valence-corrected chi connectivity index (χ3v) is 4.70. The summed E-state index contributed by atoms with van der Waals surface area (Å²) in [5.41, 5.74) is 0.380. The van der Waals surface area contributed by atoms with Crippen molar-refractivity contribution >= 4 is 33.0 Å². The Labute approximate surface area is 132 Å². The predicted molar refractivity (Wildman–Crippen MR) is 81.9 cm³/mol. The molecule has 0 radical (unpaired) electrons. The zero-order valence-corrected chi connectivity index (χ0v) is 13.5. The van der Waals surface area contributed by atoms with E-state index in [4.69, 9.17) is 16.3 Å². The second-order valence-corrected chi connectivity index (χ2v) is 6.77. The van der Waals surface area contributed by atoms with Crippen LogP contribution < -0.4 is 10.1 Å². The number of carbonyl (C=O) groups excluding carboxylic acids is 1. The molecule has 0 atom stereocenters. The molecule has 0 bridgehead atoms. The Balaban J connectivity index is 2.10. The molecule has 1 aromatic carbocycles. The number of hydrogen-bond donors (Lipinski definition) is 1. The first-order valence-electron chi connectivity index (χ1n) is 6.17. The highest BCUT2D eigenvalue weighted by Gasteiger charge is 2.23. The maximum Gasteiger partial charge on any atom is 0.240 e. The van der Waals surface area contributed by atoms with Gasteiger partial charge in [-0.05, 0) is 18.2 Å². The van der Waals surface area contributed by atoms with Crippen molar-refractivity contribution in [1.29, 1.82) is 0 Å². The number of halogens is 1. The Morgan fingerprint density at radius 2 is 2.18 bits per heavy atom. The first-order valence-corrected chi connectivity index (χ1v) is 8.20. The highest BCUT2D eigenvalue weighted by molar-refractivity contribution is 7.92. The summed E-state index contributed by atoms with van der Waals surface area (Å²) in [5, 5.41) is 2.63. The van der Waals surface area contributed by atoms with E-state index in [0.717, 1.165) is 0 Å². The maximum absolute atomic E-state index is 12.1. The molecule has 0 unspecified atom stereocenters. The van der Waals surface area contributed by atoms with Crippen LogP contribution in [0.15, 0.2) is 35.7 Å². The van der Waals surface area contributed by atoms with E-state index < -0.39 is 21.5 Å². The summed E-state index contributed by atoms with van der Waals surface area (Å²) in [7, 11) is -0.794. The smallest absolute Gasteiger partial charge is 0.240 e. The fourth-order valence-corrected chi connectivity index (χ4v) is 3.36. The normalized spacial score (nSPS) is 11.2. The summed E-state index contributed by atoms with van der Waals surface area (Å²) in [6.45, 7) is 0. The van der Waals surface area contributed by atoms with Crippen LogP contribution in [-0.2, 0) is 21.7 Å². The standard InChI is InChI=1S/C13H14ClN3O4S/c1-17-6-5-15-13(17)22(19,20)8-12(18)16-9-3-4-11(21-2)10(14)7-9/h3-7H,8H2,1-2H3,(H,16,18). The molecule has 1 aromatic heterocycles. The van der Waals surface area contributed by atoms with E-state index in [1.165, 1.54) is 30.1 Å². The quantitative estimate of drug-likeness (QED) is 0.888. The van der Waals surface area contributed by atoms with Crippen LogP contribution >= 0.6 is 11.6 Å². The molecule has 0 spiro atoms. The molecule has 2 aromatic rings. The lowest BCUT2D eigenvalue weighted by Gasteiger charge is -2.08. The lowest BCUT2D eigenvalue weighted by atomic mass is 10.3. The van der Waals surface area contributed by atoms with Gasteiger partial charge in [-0.25, -0.2) is 13.4 Å². The number of amides is 1. The van der Waals surface area contributed by atoms with Crippen LogP contribution in [0.2, 0.25) is 5.02 Å². The average Bonchev–Trinajstić information content (AvgIpc) is 2.85. The number of nitrogens with zero attached hydrogens (tertiary/aromatic N) is 2. The summed E-state index contributed by atoms with van der Waals surface area (Å²) < 4.78 is 30.5. The molecule has 1 amide bonds. The van der Waals surface area contributed by atoms with Crippen molar-refractivity contribution in [2.24, 2.45) is 7.05 Å². The summed E-state index contributed by atoms with van der Waals surface area (Å²) in [6.07, 6.45) is 2.85. The lowest BCUT2D eigenvalue weighted by Crippen LogP contribution is -2.24. The van der Waals surface area contributed by atoms with Crippen LogP contribution in [0.4, 0.5) is 5.69 Å². The topological polar surface area (TPSA) is 90.3 Å². The van der Waals surface area contributed by atoms with E-state index in [9.17, 15) is 13.2 Å². The molecule has 1 heterocycles. The van der Waals surface area contributed by atoms with Gasteiger partial charge in [0.1, 0.15) is 11.5 Å². The fraction of sp³-hybridized carbons (Fsp3) is 0.231. The minimum absolute atomic E-state index is 0.157. The number of sulfone groups is 1. The molecule has 0 aliphatic rings. The monoisotopic (exact) mass is 343 g/mol. The van der Waals surface area contributed by atoms with Gasteiger partial charge in [0, 0.05) is 25.1 Å². The minimum atomic E-state index is -3.81. The first kappa shape index (κ1) is 16.3. The largest absolute Gasteiger partial charge is 0.495 e. The highest BCUT2D eigenvalue weighted by atomic mass is 35.5. The van der Waals surface area contributed by atoms with Crippen molar-refractivity contribution < 1.29 is 17.9 Å². The zero-order chi connectivity index (χ0) is 16.3. The van der Waals surface area contributed by atoms with Gasteiger partial charge in [-0.15, -0.1) is 0 Å². The highest BCUT2D eigenvalue weighted by Crippen LogP contribution is 2.27. The lowest BCUT2D eigenvalue weighted by molar-refractivity contribution is -0.113. The minimum Gasteiger partial charge on any atom is -0.495 e. The molecular formula is C13H14ClN3O4S. The Morgan fingerprint density at radius 3 is 2.73 bits per heavy atom. The number of aromatic nitrogens is 2. The first-order chi connectivity index (χ1) is 10.3. The molecule has 7 nitrogen and oxygen atoms in total.